The Bertz CT molecular complexity index is 1010. The second kappa shape index (κ2) is 7.24. The van der Waals surface area contributed by atoms with Crippen molar-refractivity contribution >= 4 is 0 Å². The predicted molar refractivity (Wildman–Crippen MR) is 107 cm³/mol. The molecule has 2 heteroatoms. The third-order valence-electron chi connectivity index (χ3n) is 4.47. The van der Waals surface area contributed by atoms with Crippen molar-refractivity contribution in [3.8, 4) is 39.3 Å². The van der Waals surface area contributed by atoms with Gasteiger partial charge in [-0.05, 0) is 46.5 Å². The molecule has 0 bridgehead atoms. The number of hydrogen-bond donors (Lipinski definition) is 0. The van der Waals surface area contributed by atoms with Crippen molar-refractivity contribution < 1.29 is 4.74 Å². The Hall–Kier alpha value is -3.39. The second-order valence-electron chi connectivity index (χ2n) is 6.07. The fourth-order valence-electron chi connectivity index (χ4n) is 3.12. The van der Waals surface area contributed by atoms with Crippen molar-refractivity contribution in [3.05, 3.63) is 97.2 Å². The van der Waals surface area contributed by atoms with E-state index < -0.39 is 0 Å². The van der Waals surface area contributed by atoms with E-state index in [1.54, 1.807) is 7.11 Å². The van der Waals surface area contributed by atoms with E-state index in [1.165, 1.54) is 11.1 Å². The molecule has 1 aromatic heterocycles. The molecule has 1 heterocycles. The van der Waals surface area contributed by atoms with Crippen molar-refractivity contribution in [3.63, 3.8) is 0 Å². The molecule has 0 atom stereocenters. The molecule has 0 N–H and O–H groups in total. The summed E-state index contributed by atoms with van der Waals surface area (Å²) in [5.74, 6) is 0.859. The van der Waals surface area contributed by atoms with Crippen LogP contribution in [0.2, 0.25) is 0 Å². The van der Waals surface area contributed by atoms with E-state index in [-0.39, 0.29) is 0 Å². The zero-order valence-electron chi connectivity index (χ0n) is 14.6. The molecule has 0 saturated heterocycles. The maximum absolute atomic E-state index is 5.25. The summed E-state index contributed by atoms with van der Waals surface area (Å²) in [5, 5.41) is 0. The van der Waals surface area contributed by atoms with Gasteiger partial charge in [0.1, 0.15) is 5.75 Å². The molecule has 4 aromatic rings. The summed E-state index contributed by atoms with van der Waals surface area (Å²) in [6, 6.07) is 31.1. The van der Waals surface area contributed by atoms with Crippen LogP contribution in [0.15, 0.2) is 97.2 Å². The molecule has 0 spiro atoms. The molecule has 4 rings (SSSR count). The van der Waals surface area contributed by atoms with Crippen LogP contribution in [-0.4, -0.2) is 12.1 Å². The lowest BCUT2D eigenvalue weighted by Gasteiger charge is -2.11. The molecule has 0 radical (unpaired) electrons. The maximum atomic E-state index is 5.25. The van der Waals surface area contributed by atoms with Gasteiger partial charge >= 0.3 is 0 Å². The van der Waals surface area contributed by atoms with E-state index in [4.69, 9.17) is 4.74 Å². The molecule has 26 heavy (non-hydrogen) atoms. The third-order valence-corrected chi connectivity index (χ3v) is 4.47. The second-order valence-corrected chi connectivity index (χ2v) is 6.07. The number of nitrogens with zero attached hydrogens (tertiary/aromatic N) is 1. The van der Waals surface area contributed by atoms with E-state index in [0.717, 1.165) is 28.1 Å². The van der Waals surface area contributed by atoms with Gasteiger partial charge in [0, 0.05) is 11.8 Å². The van der Waals surface area contributed by atoms with Gasteiger partial charge in [-0.1, -0.05) is 66.7 Å². The molecular weight excluding hydrogens is 318 g/mol. The molecule has 0 aliphatic rings. The summed E-state index contributed by atoms with van der Waals surface area (Å²) >= 11 is 0. The van der Waals surface area contributed by atoms with Gasteiger partial charge in [-0.25, -0.2) is 0 Å². The first-order valence-corrected chi connectivity index (χ1v) is 8.60. The standard InChI is InChI=1S/C24H19NO/c1-26-21-13-11-18(12-14-21)20-15-16-25-24(17-20)23-10-6-5-9-22(23)19-7-3-2-4-8-19/h2-17H,1H3. The first-order chi connectivity index (χ1) is 12.8. The average molecular weight is 337 g/mol. The maximum Gasteiger partial charge on any atom is 0.118 e. The highest BCUT2D eigenvalue weighted by atomic mass is 16.5. The molecular formula is C24H19NO. The smallest absolute Gasteiger partial charge is 0.118 e. The molecule has 0 amide bonds. The molecule has 0 fully saturated rings. The van der Waals surface area contributed by atoms with Crippen LogP contribution >= 0.6 is 0 Å². The topological polar surface area (TPSA) is 22.1 Å². The van der Waals surface area contributed by atoms with E-state index >= 15 is 0 Å². The van der Waals surface area contributed by atoms with Crippen molar-refractivity contribution in [2.45, 2.75) is 0 Å². The van der Waals surface area contributed by atoms with Gasteiger partial charge in [0.2, 0.25) is 0 Å². The quantitative estimate of drug-likeness (QED) is 0.449. The van der Waals surface area contributed by atoms with Gasteiger partial charge in [0.15, 0.2) is 0 Å². The molecule has 0 aliphatic heterocycles. The number of benzene rings is 3. The summed E-state index contributed by atoms with van der Waals surface area (Å²) in [6.07, 6.45) is 1.87. The van der Waals surface area contributed by atoms with Crippen LogP contribution in [0.4, 0.5) is 0 Å². The van der Waals surface area contributed by atoms with Crippen LogP contribution < -0.4 is 4.74 Å². The van der Waals surface area contributed by atoms with E-state index in [2.05, 4.69) is 71.7 Å². The highest BCUT2D eigenvalue weighted by Crippen LogP contribution is 2.32. The highest BCUT2D eigenvalue weighted by Gasteiger charge is 2.09. The first-order valence-electron chi connectivity index (χ1n) is 8.60. The lowest BCUT2D eigenvalue weighted by molar-refractivity contribution is 0.415. The number of ether oxygens (including phenoxy) is 1. The number of aromatic nitrogens is 1. The zero-order chi connectivity index (χ0) is 17.8. The molecule has 0 unspecified atom stereocenters. The summed E-state index contributed by atoms with van der Waals surface area (Å²) < 4.78 is 5.25. The molecule has 126 valence electrons. The first kappa shape index (κ1) is 16.1. The van der Waals surface area contributed by atoms with Crippen molar-refractivity contribution in [1.82, 2.24) is 4.98 Å². The van der Waals surface area contributed by atoms with Crippen LogP contribution in [-0.2, 0) is 0 Å². The Morgan fingerprint density at radius 2 is 1.31 bits per heavy atom. The van der Waals surface area contributed by atoms with Gasteiger partial charge in [0.05, 0.1) is 12.8 Å². The average Bonchev–Trinajstić information content (AvgIpc) is 2.74. The van der Waals surface area contributed by atoms with Crippen molar-refractivity contribution in [1.29, 1.82) is 0 Å². The van der Waals surface area contributed by atoms with E-state index in [0.29, 0.717) is 0 Å². The number of pyridine rings is 1. The normalized spacial score (nSPS) is 10.5. The molecule has 3 aromatic carbocycles. The number of hydrogen-bond acceptors (Lipinski definition) is 2. The van der Waals surface area contributed by atoms with Crippen LogP contribution in [0.5, 0.6) is 5.75 Å². The summed E-state index contributed by atoms with van der Waals surface area (Å²) in [5.41, 5.74) is 6.77. The largest absolute Gasteiger partial charge is 0.497 e. The summed E-state index contributed by atoms with van der Waals surface area (Å²) in [4.78, 5) is 4.63. The van der Waals surface area contributed by atoms with Gasteiger partial charge in [-0.3, -0.25) is 4.98 Å². The third kappa shape index (κ3) is 3.22. The minimum absolute atomic E-state index is 0.859. The van der Waals surface area contributed by atoms with Gasteiger partial charge in [0.25, 0.3) is 0 Å². The van der Waals surface area contributed by atoms with Crippen molar-refractivity contribution in [2.75, 3.05) is 7.11 Å². The Kier molecular flexibility index (Phi) is 4.48. The monoisotopic (exact) mass is 337 g/mol. The van der Waals surface area contributed by atoms with Gasteiger partial charge < -0.3 is 4.74 Å². The molecule has 0 aliphatic carbocycles. The van der Waals surface area contributed by atoms with Crippen LogP contribution in [0.3, 0.4) is 0 Å². The molecule has 2 nitrogen and oxygen atoms in total. The Balaban J connectivity index is 1.78. The molecule has 0 saturated carbocycles. The highest BCUT2D eigenvalue weighted by molar-refractivity contribution is 5.83. The van der Waals surface area contributed by atoms with Crippen LogP contribution in [0.25, 0.3) is 33.5 Å². The van der Waals surface area contributed by atoms with E-state index in [9.17, 15) is 0 Å². The fourth-order valence-corrected chi connectivity index (χ4v) is 3.12. The van der Waals surface area contributed by atoms with Gasteiger partial charge in [-0.15, -0.1) is 0 Å². The van der Waals surface area contributed by atoms with Gasteiger partial charge in [-0.2, -0.15) is 0 Å². The summed E-state index contributed by atoms with van der Waals surface area (Å²) in [7, 11) is 1.68. The minimum Gasteiger partial charge on any atom is -0.497 e. The SMILES string of the molecule is COc1ccc(-c2ccnc(-c3ccccc3-c3ccccc3)c2)cc1. The van der Waals surface area contributed by atoms with Crippen LogP contribution in [0, 0.1) is 0 Å². The van der Waals surface area contributed by atoms with Crippen molar-refractivity contribution in [2.24, 2.45) is 0 Å². The lowest BCUT2D eigenvalue weighted by Crippen LogP contribution is -1.89. The van der Waals surface area contributed by atoms with E-state index in [1.807, 2.05) is 30.5 Å². The number of methoxy groups -OCH3 is 1. The summed E-state index contributed by atoms with van der Waals surface area (Å²) in [6.45, 7) is 0. The Labute approximate surface area is 153 Å². The number of rotatable bonds is 4. The zero-order valence-corrected chi connectivity index (χ0v) is 14.6. The Morgan fingerprint density at radius 1 is 0.615 bits per heavy atom. The lowest BCUT2D eigenvalue weighted by atomic mass is 9.96. The predicted octanol–water partition coefficient (Wildman–Crippen LogP) is 6.09. The minimum atomic E-state index is 0.859. The van der Waals surface area contributed by atoms with Crippen LogP contribution in [0.1, 0.15) is 0 Å². The Morgan fingerprint density at radius 3 is 2.04 bits per heavy atom. The fraction of sp³-hybridized carbons (Fsp3) is 0.0417.